The van der Waals surface area contributed by atoms with Crippen LogP contribution < -0.4 is 0 Å². The summed E-state index contributed by atoms with van der Waals surface area (Å²) >= 11 is 0. The molecule has 0 aromatic rings. The van der Waals surface area contributed by atoms with Crippen molar-refractivity contribution in [3.8, 4) is 0 Å². The molecule has 5 heteroatoms. The van der Waals surface area contributed by atoms with Gasteiger partial charge in [-0.3, -0.25) is 0 Å². The first-order valence-corrected chi connectivity index (χ1v) is 3.97. The maximum absolute atomic E-state index is 12.3. The van der Waals surface area contributed by atoms with Crippen molar-refractivity contribution in [1.82, 2.24) is 0 Å². The normalized spacial score (nSPS) is 37.6. The summed E-state index contributed by atoms with van der Waals surface area (Å²) in [5.41, 5.74) is -3.75. The van der Waals surface area contributed by atoms with Crippen LogP contribution in [-0.4, -0.2) is 29.6 Å². The van der Waals surface area contributed by atoms with Crippen LogP contribution in [0.4, 0.5) is 13.2 Å². The average molecular weight is 208 g/mol. The monoisotopic (exact) mass is 208 g/mol. The van der Waals surface area contributed by atoms with Crippen molar-refractivity contribution >= 4 is 0 Å². The number of hydrogen-bond donors (Lipinski definition) is 1. The van der Waals surface area contributed by atoms with E-state index < -0.39 is 17.4 Å². The largest absolute Gasteiger partial charge is 0.424 e. The molecule has 0 heterocycles. The molecular weight excluding hydrogens is 197 g/mol. The molecule has 0 aromatic carbocycles. The van der Waals surface area contributed by atoms with E-state index in [1.54, 1.807) is 6.92 Å². The van der Waals surface area contributed by atoms with Gasteiger partial charge in [0.25, 0.3) is 0 Å². The van der Waals surface area contributed by atoms with E-state index in [0.717, 1.165) is 0 Å². The lowest BCUT2D eigenvalue weighted by Gasteiger charge is -2.31. The maximum Gasteiger partial charge on any atom is 0.424 e. The number of rotatable bonds is 1. The van der Waals surface area contributed by atoms with E-state index in [-0.39, 0.29) is 0 Å². The Morgan fingerprint density at radius 2 is 1.57 bits per heavy atom. The molecule has 1 rings (SSSR count). The third-order valence-electron chi connectivity index (χ3n) is 2.23. The van der Waals surface area contributed by atoms with Gasteiger partial charge in [0.05, 0.1) is 0 Å². The molecule has 0 amide bonds. The second-order valence-electron chi connectivity index (χ2n) is 3.38. The Labute approximate surface area is 79.7 Å². The molecule has 0 saturated heterocycles. The van der Waals surface area contributed by atoms with Gasteiger partial charge < -0.3 is 9.84 Å². The molecule has 14 heavy (non-hydrogen) atoms. The Balaban J connectivity index is 2.95. The SMILES string of the molecule is COC1(C)C=CC(O)(C(F)(F)F)C=C1. The van der Waals surface area contributed by atoms with Crippen LogP contribution in [0, 0.1) is 0 Å². The molecule has 0 aromatic heterocycles. The molecule has 0 saturated carbocycles. The zero-order valence-corrected chi connectivity index (χ0v) is 7.80. The van der Waals surface area contributed by atoms with Crippen LogP contribution in [0.5, 0.6) is 0 Å². The van der Waals surface area contributed by atoms with E-state index in [4.69, 9.17) is 4.74 Å². The quantitative estimate of drug-likeness (QED) is 0.666. The molecule has 0 atom stereocenters. The second-order valence-corrected chi connectivity index (χ2v) is 3.38. The molecule has 80 valence electrons. The molecular formula is C9H11F3O2. The number of aliphatic hydroxyl groups is 1. The lowest BCUT2D eigenvalue weighted by molar-refractivity contribution is -0.221. The molecule has 2 nitrogen and oxygen atoms in total. The third-order valence-corrected chi connectivity index (χ3v) is 2.23. The lowest BCUT2D eigenvalue weighted by atomic mass is 9.90. The Bertz CT molecular complexity index is 264. The minimum absolute atomic E-state index is 0.691. The Morgan fingerprint density at radius 3 is 1.86 bits per heavy atom. The maximum atomic E-state index is 12.3. The number of alkyl halides is 3. The van der Waals surface area contributed by atoms with Crippen LogP contribution in [0.25, 0.3) is 0 Å². The average Bonchev–Trinajstić information content (AvgIpc) is 2.09. The van der Waals surface area contributed by atoms with Gasteiger partial charge in [-0.1, -0.05) is 0 Å². The highest BCUT2D eigenvalue weighted by atomic mass is 19.4. The summed E-state index contributed by atoms with van der Waals surface area (Å²) in [6, 6.07) is 0. The summed E-state index contributed by atoms with van der Waals surface area (Å²) in [7, 11) is 1.38. The minimum atomic E-state index is -4.70. The van der Waals surface area contributed by atoms with Crippen molar-refractivity contribution in [3.63, 3.8) is 0 Å². The molecule has 0 spiro atoms. The van der Waals surface area contributed by atoms with Gasteiger partial charge in [-0.15, -0.1) is 0 Å². The summed E-state index contributed by atoms with van der Waals surface area (Å²) in [5.74, 6) is 0. The van der Waals surface area contributed by atoms with Gasteiger partial charge in [0.2, 0.25) is 0 Å². The molecule has 1 N–H and O–H groups in total. The first-order chi connectivity index (χ1) is 6.22. The van der Waals surface area contributed by atoms with E-state index >= 15 is 0 Å². The fourth-order valence-electron chi connectivity index (χ4n) is 1.02. The number of halogens is 3. The first-order valence-electron chi connectivity index (χ1n) is 3.97. The molecule has 0 unspecified atom stereocenters. The molecule has 1 aliphatic rings. The standard InChI is InChI=1S/C9H11F3O2/c1-7(14-2)3-5-8(13,6-4-7)9(10,11)12/h3-6,13H,1-2H3. The zero-order chi connectivity index (χ0) is 11.0. The van der Waals surface area contributed by atoms with Crippen molar-refractivity contribution in [1.29, 1.82) is 0 Å². The summed E-state index contributed by atoms with van der Waals surface area (Å²) in [5, 5.41) is 9.18. The van der Waals surface area contributed by atoms with E-state index in [2.05, 4.69) is 0 Å². The van der Waals surface area contributed by atoms with Crippen molar-refractivity contribution in [2.45, 2.75) is 24.3 Å². The number of ether oxygens (including phenoxy) is 1. The van der Waals surface area contributed by atoms with Crippen molar-refractivity contribution in [3.05, 3.63) is 24.3 Å². The van der Waals surface area contributed by atoms with Gasteiger partial charge in [0.15, 0.2) is 5.60 Å². The summed E-state index contributed by atoms with van der Waals surface area (Å²) < 4.78 is 41.8. The summed E-state index contributed by atoms with van der Waals surface area (Å²) in [6.07, 6.45) is -0.955. The molecule has 0 aliphatic heterocycles. The smallest absolute Gasteiger partial charge is 0.373 e. The van der Waals surface area contributed by atoms with Crippen LogP contribution in [0.1, 0.15) is 6.92 Å². The summed E-state index contributed by atoms with van der Waals surface area (Å²) in [4.78, 5) is 0. The second kappa shape index (κ2) is 3.10. The Kier molecular flexibility index (Phi) is 2.49. The highest BCUT2D eigenvalue weighted by Gasteiger charge is 2.51. The number of hydrogen-bond acceptors (Lipinski definition) is 2. The molecule has 1 aliphatic carbocycles. The van der Waals surface area contributed by atoms with Crippen molar-refractivity contribution < 1.29 is 23.0 Å². The van der Waals surface area contributed by atoms with Crippen LogP contribution in [0.15, 0.2) is 24.3 Å². The van der Waals surface area contributed by atoms with Crippen LogP contribution in [0.3, 0.4) is 0 Å². The predicted molar refractivity (Wildman–Crippen MR) is 44.7 cm³/mol. The number of methoxy groups -OCH3 is 1. The van der Waals surface area contributed by atoms with E-state index in [1.807, 2.05) is 0 Å². The molecule has 0 bridgehead atoms. The van der Waals surface area contributed by atoms with Gasteiger partial charge in [0.1, 0.15) is 5.60 Å². The van der Waals surface area contributed by atoms with E-state index in [9.17, 15) is 18.3 Å². The van der Waals surface area contributed by atoms with Crippen LogP contribution >= 0.6 is 0 Å². The fourth-order valence-corrected chi connectivity index (χ4v) is 1.02. The topological polar surface area (TPSA) is 29.5 Å². The van der Waals surface area contributed by atoms with E-state index in [1.165, 1.54) is 19.3 Å². The summed E-state index contributed by atoms with van der Waals surface area (Å²) in [6.45, 7) is 1.59. The zero-order valence-electron chi connectivity index (χ0n) is 7.80. The lowest BCUT2D eigenvalue weighted by Crippen LogP contribution is -2.44. The van der Waals surface area contributed by atoms with Crippen molar-refractivity contribution in [2.75, 3.05) is 7.11 Å². The van der Waals surface area contributed by atoms with Crippen LogP contribution in [0.2, 0.25) is 0 Å². The molecule has 0 fully saturated rings. The fraction of sp³-hybridized carbons (Fsp3) is 0.556. The highest BCUT2D eigenvalue weighted by Crippen LogP contribution is 2.36. The predicted octanol–water partition coefficient (Wildman–Crippen LogP) is 1.81. The highest BCUT2D eigenvalue weighted by molar-refractivity contribution is 5.30. The molecule has 0 radical (unpaired) electrons. The van der Waals surface area contributed by atoms with Crippen LogP contribution in [-0.2, 0) is 4.74 Å². The van der Waals surface area contributed by atoms with Gasteiger partial charge in [-0.05, 0) is 31.2 Å². The van der Waals surface area contributed by atoms with Gasteiger partial charge in [-0.25, -0.2) is 0 Å². The third kappa shape index (κ3) is 1.83. The Morgan fingerprint density at radius 1 is 1.14 bits per heavy atom. The first kappa shape index (κ1) is 11.3. The van der Waals surface area contributed by atoms with Gasteiger partial charge in [-0.2, -0.15) is 13.2 Å². The van der Waals surface area contributed by atoms with E-state index in [0.29, 0.717) is 12.2 Å². The van der Waals surface area contributed by atoms with Gasteiger partial charge >= 0.3 is 6.18 Å². The Hall–Kier alpha value is -0.810. The van der Waals surface area contributed by atoms with Crippen molar-refractivity contribution in [2.24, 2.45) is 0 Å². The van der Waals surface area contributed by atoms with Gasteiger partial charge in [0, 0.05) is 7.11 Å². The minimum Gasteiger partial charge on any atom is -0.373 e.